The molecule has 1 unspecified atom stereocenters. The van der Waals surface area contributed by atoms with Gasteiger partial charge in [0, 0.05) is 5.56 Å². The molecule has 0 amide bonds. The lowest BCUT2D eigenvalue weighted by Crippen LogP contribution is -2.26. The number of benzene rings is 1. The molecule has 19 heavy (non-hydrogen) atoms. The van der Waals surface area contributed by atoms with Crippen molar-refractivity contribution in [1.82, 2.24) is 0 Å². The van der Waals surface area contributed by atoms with Gasteiger partial charge in [0.15, 0.2) is 0 Å². The van der Waals surface area contributed by atoms with Crippen LogP contribution in [0.2, 0.25) is 0 Å². The third-order valence-electron chi connectivity index (χ3n) is 3.02. The van der Waals surface area contributed by atoms with Gasteiger partial charge in [-0.15, -0.1) is 0 Å². The van der Waals surface area contributed by atoms with Crippen molar-refractivity contribution >= 4 is 0 Å². The molecule has 0 saturated carbocycles. The van der Waals surface area contributed by atoms with Gasteiger partial charge in [-0.25, -0.2) is 4.39 Å². The van der Waals surface area contributed by atoms with E-state index in [4.69, 9.17) is 4.74 Å². The summed E-state index contributed by atoms with van der Waals surface area (Å²) in [7, 11) is 1.49. The Kier molecular flexibility index (Phi) is 5.23. The van der Waals surface area contributed by atoms with E-state index in [2.05, 4.69) is 4.74 Å². The molecule has 0 N–H and O–H groups in total. The summed E-state index contributed by atoms with van der Waals surface area (Å²) in [6.07, 6.45) is -0.306. The monoisotopic (exact) mass is 276 g/mol. The second-order valence-electron chi connectivity index (χ2n) is 5.14. The predicted molar refractivity (Wildman–Crippen MR) is 67.1 cm³/mol. The van der Waals surface area contributed by atoms with Crippen LogP contribution in [0, 0.1) is 5.82 Å². The highest BCUT2D eigenvalue weighted by molar-refractivity contribution is 5.39. The molecule has 108 valence electrons. The normalized spacial score (nSPS) is 13.7. The molecule has 0 radical (unpaired) electrons. The molecule has 2 nitrogen and oxygen atoms in total. The van der Waals surface area contributed by atoms with Gasteiger partial charge in [0.1, 0.15) is 11.6 Å². The van der Waals surface area contributed by atoms with Crippen LogP contribution in [0.15, 0.2) is 18.2 Å². The van der Waals surface area contributed by atoms with Gasteiger partial charge >= 0.3 is 6.61 Å². The largest absolute Gasteiger partial charge is 0.496 e. The van der Waals surface area contributed by atoms with E-state index in [1.54, 1.807) is 6.92 Å². The fourth-order valence-electron chi connectivity index (χ4n) is 2.26. The Hall–Kier alpha value is -1.23. The van der Waals surface area contributed by atoms with Gasteiger partial charge in [0.25, 0.3) is 0 Å². The first-order chi connectivity index (χ1) is 8.76. The Morgan fingerprint density at radius 2 is 1.89 bits per heavy atom. The first-order valence-electron chi connectivity index (χ1n) is 6.04. The summed E-state index contributed by atoms with van der Waals surface area (Å²) in [6, 6.07) is 4.20. The zero-order valence-electron chi connectivity index (χ0n) is 11.5. The molecule has 0 saturated heterocycles. The van der Waals surface area contributed by atoms with Crippen LogP contribution in [0.1, 0.15) is 32.8 Å². The van der Waals surface area contributed by atoms with Crippen LogP contribution in [0.4, 0.5) is 13.2 Å². The van der Waals surface area contributed by atoms with E-state index < -0.39 is 18.1 Å². The van der Waals surface area contributed by atoms with Crippen molar-refractivity contribution in [3.05, 3.63) is 29.6 Å². The maximum Gasteiger partial charge on any atom is 0.345 e. The van der Waals surface area contributed by atoms with E-state index >= 15 is 0 Å². The highest BCUT2D eigenvalue weighted by Gasteiger charge is 2.28. The predicted octanol–water partition coefficient (Wildman–Crippen LogP) is 4.13. The summed E-state index contributed by atoms with van der Waals surface area (Å²) in [4.78, 5) is 0. The Labute approximate surface area is 111 Å². The van der Waals surface area contributed by atoms with E-state index in [0.29, 0.717) is 17.7 Å². The maximum atomic E-state index is 13.4. The first-order valence-corrected chi connectivity index (χ1v) is 6.04. The van der Waals surface area contributed by atoms with Crippen LogP contribution in [0.25, 0.3) is 0 Å². The van der Waals surface area contributed by atoms with Gasteiger partial charge in [-0.3, -0.25) is 0 Å². The van der Waals surface area contributed by atoms with Crippen LogP contribution in [0.3, 0.4) is 0 Å². The van der Waals surface area contributed by atoms with Crippen molar-refractivity contribution < 1.29 is 22.6 Å². The van der Waals surface area contributed by atoms with Gasteiger partial charge in [-0.1, -0.05) is 13.8 Å². The molecule has 1 rings (SSSR count). The highest BCUT2D eigenvalue weighted by atomic mass is 19.3. The summed E-state index contributed by atoms with van der Waals surface area (Å²) in [5, 5.41) is 0. The van der Waals surface area contributed by atoms with Crippen LogP contribution in [-0.2, 0) is 10.2 Å². The number of hydrogen-bond acceptors (Lipinski definition) is 2. The van der Waals surface area contributed by atoms with E-state index in [1.807, 2.05) is 13.8 Å². The van der Waals surface area contributed by atoms with Gasteiger partial charge in [-0.2, -0.15) is 8.78 Å². The lowest BCUT2D eigenvalue weighted by atomic mass is 9.79. The minimum Gasteiger partial charge on any atom is -0.496 e. The topological polar surface area (TPSA) is 18.5 Å². The van der Waals surface area contributed by atoms with Crippen molar-refractivity contribution in [3.63, 3.8) is 0 Å². The van der Waals surface area contributed by atoms with Crippen molar-refractivity contribution in [2.75, 3.05) is 7.11 Å². The minimum atomic E-state index is -2.81. The van der Waals surface area contributed by atoms with Crippen molar-refractivity contribution in [2.45, 2.75) is 45.3 Å². The van der Waals surface area contributed by atoms with Crippen LogP contribution in [-0.4, -0.2) is 19.8 Å². The zero-order chi connectivity index (χ0) is 14.6. The fraction of sp³-hybridized carbons (Fsp3) is 0.571. The highest BCUT2D eigenvalue weighted by Crippen LogP contribution is 2.36. The average Bonchev–Trinajstić information content (AvgIpc) is 2.26. The first kappa shape index (κ1) is 15.8. The van der Waals surface area contributed by atoms with Crippen molar-refractivity contribution in [3.8, 4) is 5.75 Å². The molecule has 0 spiro atoms. The summed E-state index contributed by atoms with van der Waals surface area (Å²) >= 11 is 0. The Morgan fingerprint density at radius 1 is 1.26 bits per heavy atom. The van der Waals surface area contributed by atoms with Crippen molar-refractivity contribution in [1.29, 1.82) is 0 Å². The van der Waals surface area contributed by atoms with Crippen molar-refractivity contribution in [2.24, 2.45) is 0 Å². The smallest absolute Gasteiger partial charge is 0.345 e. The van der Waals surface area contributed by atoms with E-state index in [0.717, 1.165) is 0 Å². The van der Waals surface area contributed by atoms with Crippen LogP contribution < -0.4 is 4.74 Å². The van der Waals surface area contributed by atoms with E-state index in [1.165, 1.54) is 25.3 Å². The maximum absolute atomic E-state index is 13.4. The zero-order valence-corrected chi connectivity index (χ0v) is 11.5. The number of rotatable bonds is 6. The molecule has 1 aromatic carbocycles. The number of hydrogen-bond donors (Lipinski definition) is 0. The van der Waals surface area contributed by atoms with E-state index in [9.17, 15) is 13.2 Å². The SMILES string of the molecule is COc1ccc(F)cc1C(C)(C)CC(C)OC(F)F. The summed E-state index contributed by atoms with van der Waals surface area (Å²) in [5.74, 6) is 0.155. The second kappa shape index (κ2) is 6.28. The molecule has 0 aromatic heterocycles. The molecule has 0 aliphatic rings. The standard InChI is InChI=1S/C14H19F3O2/c1-9(19-13(16)17)8-14(2,3)11-7-10(15)5-6-12(11)18-4/h5-7,9,13H,8H2,1-4H3. The Bertz CT molecular complexity index is 419. The number of halogens is 3. The van der Waals surface area contributed by atoms with Gasteiger partial charge in [0.05, 0.1) is 13.2 Å². The third-order valence-corrected chi connectivity index (χ3v) is 3.02. The number of ether oxygens (including phenoxy) is 2. The minimum absolute atomic E-state index is 0.331. The van der Waals surface area contributed by atoms with Crippen LogP contribution >= 0.6 is 0 Å². The molecule has 1 atom stereocenters. The molecular formula is C14H19F3O2. The van der Waals surface area contributed by atoms with Crippen LogP contribution in [0.5, 0.6) is 5.75 Å². The molecule has 0 fully saturated rings. The van der Waals surface area contributed by atoms with Gasteiger partial charge in [0.2, 0.25) is 0 Å². The fourth-order valence-corrected chi connectivity index (χ4v) is 2.26. The second-order valence-corrected chi connectivity index (χ2v) is 5.14. The molecule has 0 bridgehead atoms. The number of alkyl halides is 2. The molecular weight excluding hydrogens is 257 g/mol. The summed E-state index contributed by atoms with van der Waals surface area (Å²) < 4.78 is 47.3. The lowest BCUT2D eigenvalue weighted by Gasteiger charge is -2.30. The molecule has 5 heteroatoms. The molecule has 0 aliphatic heterocycles. The quantitative estimate of drug-likeness (QED) is 0.777. The molecule has 0 aliphatic carbocycles. The summed E-state index contributed by atoms with van der Waals surface area (Å²) in [5.41, 5.74) is 0.0987. The average molecular weight is 276 g/mol. The Balaban J connectivity index is 2.95. The molecule has 0 heterocycles. The number of methoxy groups -OCH3 is 1. The Morgan fingerprint density at radius 3 is 2.42 bits per heavy atom. The third kappa shape index (κ3) is 4.42. The van der Waals surface area contributed by atoms with E-state index in [-0.39, 0.29) is 5.82 Å². The summed E-state index contributed by atoms with van der Waals surface area (Å²) in [6.45, 7) is 2.45. The molecule has 1 aromatic rings. The lowest BCUT2D eigenvalue weighted by molar-refractivity contribution is -0.162. The van der Waals surface area contributed by atoms with Gasteiger partial charge in [-0.05, 0) is 37.0 Å². The van der Waals surface area contributed by atoms with Gasteiger partial charge < -0.3 is 9.47 Å².